The van der Waals surface area contributed by atoms with E-state index in [1.807, 2.05) is 4.90 Å². The molecule has 1 fully saturated rings. The summed E-state index contributed by atoms with van der Waals surface area (Å²) >= 11 is 0. The SMILES string of the molecule is CCCCN1CCN(C(=O)NCCCOC)CC1. The van der Waals surface area contributed by atoms with Crippen molar-refractivity contribution in [1.82, 2.24) is 15.1 Å². The monoisotopic (exact) mass is 257 g/mol. The van der Waals surface area contributed by atoms with Gasteiger partial charge in [0.1, 0.15) is 0 Å². The highest BCUT2D eigenvalue weighted by atomic mass is 16.5. The molecule has 0 aromatic heterocycles. The Hall–Kier alpha value is -0.810. The van der Waals surface area contributed by atoms with E-state index < -0.39 is 0 Å². The van der Waals surface area contributed by atoms with Crippen molar-refractivity contribution < 1.29 is 9.53 Å². The minimum atomic E-state index is 0.0706. The van der Waals surface area contributed by atoms with Gasteiger partial charge in [0, 0.05) is 46.4 Å². The summed E-state index contributed by atoms with van der Waals surface area (Å²) in [5.41, 5.74) is 0. The molecule has 0 spiro atoms. The molecule has 0 bridgehead atoms. The molecule has 0 unspecified atom stereocenters. The zero-order chi connectivity index (χ0) is 13.2. The second kappa shape index (κ2) is 9.16. The summed E-state index contributed by atoms with van der Waals surface area (Å²) < 4.78 is 4.95. The minimum Gasteiger partial charge on any atom is -0.385 e. The minimum absolute atomic E-state index is 0.0706. The molecule has 0 aliphatic carbocycles. The standard InChI is InChI=1S/C13H27N3O2/c1-3-4-7-15-8-10-16(11-9-15)13(17)14-6-5-12-18-2/h3-12H2,1-2H3,(H,14,17). The number of urea groups is 1. The number of piperazine rings is 1. The van der Waals surface area contributed by atoms with E-state index >= 15 is 0 Å². The van der Waals surface area contributed by atoms with Crippen LogP contribution in [0.15, 0.2) is 0 Å². The fourth-order valence-electron chi connectivity index (χ4n) is 2.08. The van der Waals surface area contributed by atoms with Gasteiger partial charge in [-0.1, -0.05) is 13.3 Å². The van der Waals surface area contributed by atoms with E-state index in [9.17, 15) is 4.79 Å². The number of rotatable bonds is 7. The van der Waals surface area contributed by atoms with Gasteiger partial charge in [0.15, 0.2) is 0 Å². The summed E-state index contributed by atoms with van der Waals surface area (Å²) in [6.45, 7) is 8.48. The quantitative estimate of drug-likeness (QED) is 0.696. The first-order valence-corrected chi connectivity index (χ1v) is 7.02. The van der Waals surface area contributed by atoms with Gasteiger partial charge in [0.2, 0.25) is 0 Å². The van der Waals surface area contributed by atoms with Crippen molar-refractivity contribution in [2.75, 3.05) is 53.0 Å². The maximum Gasteiger partial charge on any atom is 0.317 e. The molecule has 0 aromatic carbocycles. The lowest BCUT2D eigenvalue weighted by Crippen LogP contribution is -2.52. The lowest BCUT2D eigenvalue weighted by molar-refractivity contribution is 0.137. The number of hydrogen-bond acceptors (Lipinski definition) is 3. The van der Waals surface area contributed by atoms with E-state index in [1.165, 1.54) is 19.4 Å². The number of unbranched alkanes of at least 4 members (excludes halogenated alkanes) is 1. The maximum atomic E-state index is 11.8. The Morgan fingerprint density at radius 1 is 1.22 bits per heavy atom. The van der Waals surface area contributed by atoms with Crippen molar-refractivity contribution in [3.63, 3.8) is 0 Å². The van der Waals surface area contributed by atoms with Gasteiger partial charge in [0.25, 0.3) is 0 Å². The molecular weight excluding hydrogens is 230 g/mol. The van der Waals surface area contributed by atoms with E-state index in [0.29, 0.717) is 13.2 Å². The van der Waals surface area contributed by atoms with Gasteiger partial charge in [-0.05, 0) is 19.4 Å². The summed E-state index contributed by atoms with van der Waals surface area (Å²) in [5.74, 6) is 0. The zero-order valence-electron chi connectivity index (χ0n) is 11.8. The van der Waals surface area contributed by atoms with Gasteiger partial charge in [-0.25, -0.2) is 4.79 Å². The van der Waals surface area contributed by atoms with Crippen LogP contribution in [0.2, 0.25) is 0 Å². The van der Waals surface area contributed by atoms with E-state index in [2.05, 4.69) is 17.1 Å². The Kier molecular flexibility index (Phi) is 7.76. The Morgan fingerprint density at radius 3 is 2.56 bits per heavy atom. The molecule has 1 aliphatic heterocycles. The molecular formula is C13H27N3O2. The van der Waals surface area contributed by atoms with Gasteiger partial charge in [0.05, 0.1) is 0 Å². The van der Waals surface area contributed by atoms with Gasteiger partial charge in [-0.15, -0.1) is 0 Å². The van der Waals surface area contributed by atoms with E-state index in [-0.39, 0.29) is 6.03 Å². The molecule has 0 aromatic rings. The van der Waals surface area contributed by atoms with Crippen LogP contribution < -0.4 is 5.32 Å². The topological polar surface area (TPSA) is 44.8 Å². The summed E-state index contributed by atoms with van der Waals surface area (Å²) in [5, 5.41) is 2.93. The molecule has 0 saturated carbocycles. The fraction of sp³-hybridized carbons (Fsp3) is 0.923. The summed E-state index contributed by atoms with van der Waals surface area (Å²) in [6.07, 6.45) is 3.36. The van der Waals surface area contributed by atoms with Crippen molar-refractivity contribution in [3.05, 3.63) is 0 Å². The number of carbonyl (C=O) groups excluding carboxylic acids is 1. The Bertz CT molecular complexity index is 228. The highest BCUT2D eigenvalue weighted by Crippen LogP contribution is 2.03. The van der Waals surface area contributed by atoms with Crippen LogP contribution in [0.1, 0.15) is 26.2 Å². The summed E-state index contributed by atoms with van der Waals surface area (Å²) in [4.78, 5) is 16.2. The second-order valence-electron chi connectivity index (χ2n) is 4.76. The summed E-state index contributed by atoms with van der Waals surface area (Å²) in [7, 11) is 1.68. The molecule has 0 atom stereocenters. The van der Waals surface area contributed by atoms with Crippen LogP contribution in [-0.2, 0) is 4.74 Å². The number of ether oxygens (including phenoxy) is 1. The molecule has 106 valence electrons. The number of methoxy groups -OCH3 is 1. The number of amides is 2. The molecule has 18 heavy (non-hydrogen) atoms. The van der Waals surface area contributed by atoms with Crippen LogP contribution in [0.3, 0.4) is 0 Å². The van der Waals surface area contributed by atoms with Crippen molar-refractivity contribution in [2.45, 2.75) is 26.2 Å². The first kappa shape index (κ1) is 15.2. The maximum absolute atomic E-state index is 11.8. The normalized spacial score (nSPS) is 16.9. The van der Waals surface area contributed by atoms with Gasteiger partial charge in [-0.3, -0.25) is 4.90 Å². The lowest BCUT2D eigenvalue weighted by atomic mass is 10.2. The molecule has 1 heterocycles. The number of hydrogen-bond donors (Lipinski definition) is 1. The molecule has 5 nitrogen and oxygen atoms in total. The van der Waals surface area contributed by atoms with E-state index in [0.717, 1.165) is 32.6 Å². The van der Waals surface area contributed by atoms with Crippen LogP contribution >= 0.6 is 0 Å². The Morgan fingerprint density at radius 2 is 1.94 bits per heavy atom. The zero-order valence-corrected chi connectivity index (χ0v) is 11.8. The van der Waals surface area contributed by atoms with Crippen molar-refractivity contribution in [2.24, 2.45) is 0 Å². The van der Waals surface area contributed by atoms with Gasteiger partial charge >= 0.3 is 6.03 Å². The Labute approximate surface area is 110 Å². The van der Waals surface area contributed by atoms with Crippen molar-refractivity contribution in [1.29, 1.82) is 0 Å². The number of nitrogens with one attached hydrogen (secondary N) is 1. The van der Waals surface area contributed by atoms with Crippen LogP contribution in [0.4, 0.5) is 4.79 Å². The third kappa shape index (κ3) is 5.69. The fourth-order valence-corrected chi connectivity index (χ4v) is 2.08. The van der Waals surface area contributed by atoms with Gasteiger partial charge < -0.3 is 15.0 Å². The molecule has 1 N–H and O–H groups in total. The molecule has 1 aliphatic rings. The third-order valence-corrected chi connectivity index (χ3v) is 3.29. The predicted molar refractivity (Wildman–Crippen MR) is 72.8 cm³/mol. The average Bonchev–Trinajstić information content (AvgIpc) is 2.41. The third-order valence-electron chi connectivity index (χ3n) is 3.29. The highest BCUT2D eigenvalue weighted by molar-refractivity contribution is 5.74. The van der Waals surface area contributed by atoms with Gasteiger partial charge in [-0.2, -0.15) is 0 Å². The largest absolute Gasteiger partial charge is 0.385 e. The smallest absolute Gasteiger partial charge is 0.317 e. The second-order valence-corrected chi connectivity index (χ2v) is 4.76. The van der Waals surface area contributed by atoms with E-state index in [4.69, 9.17) is 4.74 Å². The number of carbonyl (C=O) groups is 1. The van der Waals surface area contributed by atoms with Crippen LogP contribution in [0.5, 0.6) is 0 Å². The first-order valence-electron chi connectivity index (χ1n) is 7.02. The van der Waals surface area contributed by atoms with Crippen molar-refractivity contribution >= 4 is 6.03 Å². The Balaban J connectivity index is 2.11. The van der Waals surface area contributed by atoms with Crippen molar-refractivity contribution in [3.8, 4) is 0 Å². The molecule has 0 radical (unpaired) electrons. The summed E-state index contributed by atoms with van der Waals surface area (Å²) in [6, 6.07) is 0.0706. The van der Waals surface area contributed by atoms with Crippen LogP contribution in [-0.4, -0.2) is 68.8 Å². The molecule has 1 rings (SSSR count). The predicted octanol–water partition coefficient (Wildman–Crippen LogP) is 1.15. The highest BCUT2D eigenvalue weighted by Gasteiger charge is 2.19. The molecule has 1 saturated heterocycles. The number of nitrogens with zero attached hydrogens (tertiary/aromatic N) is 2. The average molecular weight is 257 g/mol. The van der Waals surface area contributed by atoms with Crippen LogP contribution in [0.25, 0.3) is 0 Å². The molecule has 2 amide bonds. The molecule has 5 heteroatoms. The van der Waals surface area contributed by atoms with E-state index in [1.54, 1.807) is 7.11 Å². The van der Waals surface area contributed by atoms with Crippen LogP contribution in [0, 0.1) is 0 Å². The first-order chi connectivity index (χ1) is 8.77. The lowest BCUT2D eigenvalue weighted by Gasteiger charge is -2.34.